The minimum absolute atomic E-state index is 0.157. The van der Waals surface area contributed by atoms with E-state index >= 15 is 0 Å². The van der Waals surface area contributed by atoms with Gasteiger partial charge >= 0.3 is 0 Å². The molecule has 0 bridgehead atoms. The van der Waals surface area contributed by atoms with Crippen LogP contribution in [0.3, 0.4) is 0 Å². The third-order valence-corrected chi connectivity index (χ3v) is 3.00. The van der Waals surface area contributed by atoms with Crippen LogP contribution in [0.25, 0.3) is 0 Å². The Morgan fingerprint density at radius 2 is 2.13 bits per heavy atom. The van der Waals surface area contributed by atoms with Gasteiger partial charge in [0.1, 0.15) is 5.75 Å². The van der Waals surface area contributed by atoms with Crippen molar-refractivity contribution in [2.24, 2.45) is 5.73 Å². The summed E-state index contributed by atoms with van der Waals surface area (Å²) in [5.74, 6) is 0.839. The fourth-order valence-corrected chi connectivity index (χ4v) is 2.26. The SMILES string of the molecule is COc1ccccc1CC1(O)CC(N)C1. The maximum Gasteiger partial charge on any atom is 0.122 e. The minimum Gasteiger partial charge on any atom is -0.496 e. The molecule has 15 heavy (non-hydrogen) atoms. The van der Waals surface area contributed by atoms with E-state index in [0.717, 1.165) is 11.3 Å². The second-order valence-electron chi connectivity index (χ2n) is 4.38. The zero-order chi connectivity index (χ0) is 10.9. The lowest BCUT2D eigenvalue weighted by Gasteiger charge is -2.42. The number of aliphatic hydroxyl groups is 1. The topological polar surface area (TPSA) is 55.5 Å². The highest BCUT2D eigenvalue weighted by molar-refractivity contribution is 5.34. The van der Waals surface area contributed by atoms with Crippen LogP contribution in [-0.4, -0.2) is 23.9 Å². The molecule has 1 aliphatic carbocycles. The van der Waals surface area contributed by atoms with Crippen LogP contribution < -0.4 is 10.5 Å². The first-order valence-corrected chi connectivity index (χ1v) is 5.23. The molecule has 0 amide bonds. The molecule has 2 rings (SSSR count). The van der Waals surface area contributed by atoms with Gasteiger partial charge in [-0.1, -0.05) is 18.2 Å². The van der Waals surface area contributed by atoms with Gasteiger partial charge in [-0.2, -0.15) is 0 Å². The summed E-state index contributed by atoms with van der Waals surface area (Å²) in [7, 11) is 1.65. The van der Waals surface area contributed by atoms with Crippen LogP contribution in [-0.2, 0) is 6.42 Å². The summed E-state index contributed by atoms with van der Waals surface area (Å²) >= 11 is 0. The van der Waals surface area contributed by atoms with E-state index in [0.29, 0.717) is 19.3 Å². The van der Waals surface area contributed by atoms with Crippen molar-refractivity contribution in [2.75, 3.05) is 7.11 Å². The zero-order valence-corrected chi connectivity index (χ0v) is 8.94. The van der Waals surface area contributed by atoms with Crippen molar-refractivity contribution in [3.63, 3.8) is 0 Å². The predicted octanol–water partition coefficient (Wildman–Crippen LogP) is 1.09. The summed E-state index contributed by atoms with van der Waals surface area (Å²) in [6, 6.07) is 7.95. The highest BCUT2D eigenvalue weighted by Crippen LogP contribution is 2.35. The molecule has 0 saturated heterocycles. The third-order valence-electron chi connectivity index (χ3n) is 3.00. The van der Waals surface area contributed by atoms with Gasteiger partial charge in [-0.3, -0.25) is 0 Å². The van der Waals surface area contributed by atoms with E-state index in [1.165, 1.54) is 0 Å². The standard InChI is InChI=1S/C12H17NO2/c1-15-11-5-3-2-4-9(11)6-12(14)7-10(13)8-12/h2-5,10,14H,6-8,13H2,1H3. The highest BCUT2D eigenvalue weighted by Gasteiger charge is 2.40. The number of nitrogens with two attached hydrogens (primary N) is 1. The summed E-state index contributed by atoms with van der Waals surface area (Å²) in [6.07, 6.45) is 2.00. The molecule has 3 N–H and O–H groups in total. The largest absolute Gasteiger partial charge is 0.496 e. The maximum absolute atomic E-state index is 10.1. The number of ether oxygens (including phenoxy) is 1. The van der Waals surface area contributed by atoms with Gasteiger partial charge in [-0.25, -0.2) is 0 Å². The average molecular weight is 207 g/mol. The Hall–Kier alpha value is -1.06. The van der Waals surface area contributed by atoms with Gasteiger partial charge < -0.3 is 15.6 Å². The Labute approximate surface area is 89.9 Å². The first-order chi connectivity index (χ1) is 7.13. The summed E-state index contributed by atoms with van der Waals surface area (Å²) < 4.78 is 5.24. The lowest BCUT2D eigenvalue weighted by atomic mass is 9.72. The third kappa shape index (κ3) is 2.13. The maximum atomic E-state index is 10.1. The van der Waals surface area contributed by atoms with Crippen molar-refractivity contribution >= 4 is 0 Å². The molecule has 0 heterocycles. The molecular weight excluding hydrogens is 190 g/mol. The number of benzene rings is 1. The summed E-state index contributed by atoms with van der Waals surface area (Å²) in [5, 5.41) is 10.1. The summed E-state index contributed by atoms with van der Waals surface area (Å²) in [4.78, 5) is 0. The van der Waals surface area contributed by atoms with Gasteiger partial charge in [0, 0.05) is 12.5 Å². The molecule has 0 unspecified atom stereocenters. The van der Waals surface area contributed by atoms with Gasteiger partial charge in [-0.05, 0) is 24.5 Å². The Kier molecular flexibility index (Phi) is 2.67. The number of para-hydroxylation sites is 1. The number of methoxy groups -OCH3 is 1. The molecule has 3 nitrogen and oxygen atoms in total. The quantitative estimate of drug-likeness (QED) is 0.780. The Morgan fingerprint density at radius 3 is 2.73 bits per heavy atom. The van der Waals surface area contributed by atoms with E-state index in [9.17, 15) is 5.11 Å². The Balaban J connectivity index is 2.10. The molecule has 82 valence electrons. The first kappa shape index (κ1) is 10.5. The van der Waals surface area contributed by atoms with Crippen LogP contribution in [0.2, 0.25) is 0 Å². The fourth-order valence-electron chi connectivity index (χ4n) is 2.26. The molecule has 0 aliphatic heterocycles. The van der Waals surface area contributed by atoms with E-state index in [-0.39, 0.29) is 6.04 Å². The molecule has 0 spiro atoms. The van der Waals surface area contributed by atoms with Crippen LogP contribution in [0.15, 0.2) is 24.3 Å². The first-order valence-electron chi connectivity index (χ1n) is 5.23. The fraction of sp³-hybridized carbons (Fsp3) is 0.500. The number of hydrogen-bond donors (Lipinski definition) is 2. The molecule has 0 radical (unpaired) electrons. The average Bonchev–Trinajstić information content (AvgIpc) is 2.16. The van der Waals surface area contributed by atoms with Crippen molar-refractivity contribution in [3.05, 3.63) is 29.8 Å². The molecular formula is C12H17NO2. The van der Waals surface area contributed by atoms with Crippen molar-refractivity contribution < 1.29 is 9.84 Å². The van der Waals surface area contributed by atoms with Crippen molar-refractivity contribution in [1.29, 1.82) is 0 Å². The lowest BCUT2D eigenvalue weighted by Crippen LogP contribution is -2.52. The molecule has 0 atom stereocenters. The van der Waals surface area contributed by atoms with Gasteiger partial charge in [0.2, 0.25) is 0 Å². The van der Waals surface area contributed by atoms with Crippen molar-refractivity contribution in [2.45, 2.75) is 30.9 Å². The van der Waals surface area contributed by atoms with Crippen molar-refractivity contribution in [1.82, 2.24) is 0 Å². The van der Waals surface area contributed by atoms with Crippen LogP contribution in [0.1, 0.15) is 18.4 Å². The van der Waals surface area contributed by atoms with Crippen LogP contribution in [0, 0.1) is 0 Å². The molecule has 1 saturated carbocycles. The summed E-state index contributed by atoms with van der Waals surface area (Å²) in [5.41, 5.74) is 6.12. The molecule has 3 heteroatoms. The second-order valence-corrected chi connectivity index (χ2v) is 4.38. The van der Waals surface area contributed by atoms with Gasteiger partial charge in [0.25, 0.3) is 0 Å². The van der Waals surface area contributed by atoms with Crippen LogP contribution in [0.4, 0.5) is 0 Å². The van der Waals surface area contributed by atoms with Gasteiger partial charge in [0.15, 0.2) is 0 Å². The predicted molar refractivity (Wildman–Crippen MR) is 58.9 cm³/mol. The number of hydrogen-bond acceptors (Lipinski definition) is 3. The molecule has 1 fully saturated rings. The van der Waals surface area contributed by atoms with E-state index in [4.69, 9.17) is 10.5 Å². The highest BCUT2D eigenvalue weighted by atomic mass is 16.5. The molecule has 1 aromatic carbocycles. The molecule has 1 aromatic rings. The Morgan fingerprint density at radius 1 is 1.47 bits per heavy atom. The Bertz CT molecular complexity index is 345. The van der Waals surface area contributed by atoms with Crippen LogP contribution in [0.5, 0.6) is 5.75 Å². The molecule has 1 aliphatic rings. The van der Waals surface area contributed by atoms with Crippen molar-refractivity contribution in [3.8, 4) is 5.75 Å². The van der Waals surface area contributed by atoms with E-state index < -0.39 is 5.60 Å². The van der Waals surface area contributed by atoms with Gasteiger partial charge in [0.05, 0.1) is 12.7 Å². The van der Waals surface area contributed by atoms with E-state index in [2.05, 4.69) is 0 Å². The second kappa shape index (κ2) is 3.83. The smallest absolute Gasteiger partial charge is 0.122 e. The zero-order valence-electron chi connectivity index (χ0n) is 8.94. The number of rotatable bonds is 3. The van der Waals surface area contributed by atoms with E-state index in [1.54, 1.807) is 7.11 Å². The molecule has 0 aromatic heterocycles. The summed E-state index contributed by atoms with van der Waals surface area (Å²) in [6.45, 7) is 0. The van der Waals surface area contributed by atoms with Gasteiger partial charge in [-0.15, -0.1) is 0 Å². The monoisotopic (exact) mass is 207 g/mol. The minimum atomic E-state index is -0.617. The lowest BCUT2D eigenvalue weighted by molar-refractivity contribution is -0.0458. The normalized spacial score (nSPS) is 29.7. The van der Waals surface area contributed by atoms with E-state index in [1.807, 2.05) is 24.3 Å². The van der Waals surface area contributed by atoms with Crippen LogP contribution >= 0.6 is 0 Å².